The fraction of sp³-hybridized carbons (Fsp3) is 0.0588. The minimum atomic E-state index is -1.11. The largest absolute Gasteiger partial charge is 0.455 e. The summed E-state index contributed by atoms with van der Waals surface area (Å²) in [5.41, 5.74) is 1.07. The van der Waals surface area contributed by atoms with Crippen LogP contribution in [0, 0.1) is 11.6 Å². The Morgan fingerprint density at radius 2 is 1.83 bits per heavy atom. The Kier molecular flexibility index (Phi) is 4.57. The summed E-state index contributed by atoms with van der Waals surface area (Å²) in [5.74, 6) is -2.44. The van der Waals surface area contributed by atoms with E-state index in [4.69, 9.17) is 20.9 Å². The maximum Gasteiger partial charge on any atom is 0.338 e. The van der Waals surface area contributed by atoms with Crippen LogP contribution in [0.4, 0.5) is 8.78 Å². The molecule has 0 N–H and O–H groups in total. The van der Waals surface area contributed by atoms with Crippen LogP contribution in [0.2, 0.25) is 5.02 Å². The van der Waals surface area contributed by atoms with Crippen molar-refractivity contribution in [2.24, 2.45) is 0 Å². The van der Waals surface area contributed by atoms with Gasteiger partial charge in [0.15, 0.2) is 17.4 Å². The SMILES string of the molecule is O=C(OCc1cc(-c2ccc(Cl)cc2)on1)c1ccc(F)c(F)c1. The highest BCUT2D eigenvalue weighted by atomic mass is 35.5. The summed E-state index contributed by atoms with van der Waals surface area (Å²) in [6.45, 7) is -0.158. The van der Waals surface area contributed by atoms with E-state index in [1.807, 2.05) is 0 Å². The molecule has 4 nitrogen and oxygen atoms in total. The molecule has 2 aromatic carbocycles. The van der Waals surface area contributed by atoms with Crippen molar-refractivity contribution in [3.63, 3.8) is 0 Å². The zero-order chi connectivity index (χ0) is 17.1. The molecule has 0 aliphatic heterocycles. The number of benzene rings is 2. The van der Waals surface area contributed by atoms with E-state index < -0.39 is 17.6 Å². The number of ether oxygens (including phenoxy) is 1. The molecule has 0 bridgehead atoms. The van der Waals surface area contributed by atoms with Crippen molar-refractivity contribution >= 4 is 17.6 Å². The molecule has 0 fully saturated rings. The molecule has 3 aromatic rings. The van der Waals surface area contributed by atoms with E-state index in [2.05, 4.69) is 5.16 Å². The molecule has 0 spiro atoms. The van der Waals surface area contributed by atoms with Gasteiger partial charge in [0, 0.05) is 16.7 Å². The first-order valence-corrected chi connectivity index (χ1v) is 7.24. The van der Waals surface area contributed by atoms with Crippen molar-refractivity contribution in [2.45, 2.75) is 6.61 Å². The normalized spacial score (nSPS) is 10.6. The number of aromatic nitrogens is 1. The number of nitrogens with zero attached hydrogens (tertiary/aromatic N) is 1. The molecule has 122 valence electrons. The second-order valence-corrected chi connectivity index (χ2v) is 5.33. The molecule has 24 heavy (non-hydrogen) atoms. The smallest absolute Gasteiger partial charge is 0.338 e. The Labute approximate surface area is 140 Å². The fourth-order valence-corrected chi connectivity index (χ4v) is 2.10. The summed E-state index contributed by atoms with van der Waals surface area (Å²) in [6, 6.07) is 11.3. The van der Waals surface area contributed by atoms with Crippen LogP contribution < -0.4 is 0 Å². The lowest BCUT2D eigenvalue weighted by molar-refractivity contribution is 0.0463. The van der Waals surface area contributed by atoms with E-state index in [1.54, 1.807) is 30.3 Å². The number of carbonyl (C=O) groups is 1. The highest BCUT2D eigenvalue weighted by molar-refractivity contribution is 6.30. The second-order valence-electron chi connectivity index (χ2n) is 4.89. The lowest BCUT2D eigenvalue weighted by Gasteiger charge is -2.02. The molecule has 1 heterocycles. The second kappa shape index (κ2) is 6.80. The highest BCUT2D eigenvalue weighted by Crippen LogP contribution is 2.22. The Morgan fingerprint density at radius 3 is 2.54 bits per heavy atom. The molecule has 0 atom stereocenters. The lowest BCUT2D eigenvalue weighted by Crippen LogP contribution is -2.06. The van der Waals surface area contributed by atoms with Crippen LogP contribution >= 0.6 is 11.6 Å². The van der Waals surface area contributed by atoms with E-state index in [1.165, 1.54) is 0 Å². The van der Waals surface area contributed by atoms with E-state index >= 15 is 0 Å². The Balaban J connectivity index is 1.65. The van der Waals surface area contributed by atoms with Crippen LogP contribution in [0.15, 0.2) is 53.1 Å². The number of hydrogen-bond acceptors (Lipinski definition) is 4. The minimum absolute atomic E-state index is 0.0877. The van der Waals surface area contributed by atoms with Gasteiger partial charge in [-0.1, -0.05) is 16.8 Å². The average molecular weight is 350 g/mol. The van der Waals surface area contributed by atoms with Crippen LogP contribution in [0.5, 0.6) is 0 Å². The zero-order valence-corrected chi connectivity index (χ0v) is 12.9. The first kappa shape index (κ1) is 16.1. The third-order valence-corrected chi connectivity index (χ3v) is 3.45. The first-order chi connectivity index (χ1) is 11.5. The molecule has 0 aliphatic carbocycles. The standard InChI is InChI=1S/C17H10ClF2NO3/c18-12-4-1-10(2-5-12)16-8-13(21-24-16)9-23-17(22)11-3-6-14(19)15(20)7-11/h1-8H,9H2. The maximum absolute atomic E-state index is 13.1. The summed E-state index contributed by atoms with van der Waals surface area (Å²) in [6.07, 6.45) is 0. The van der Waals surface area contributed by atoms with Crippen molar-refractivity contribution < 1.29 is 22.8 Å². The van der Waals surface area contributed by atoms with Gasteiger partial charge in [0.1, 0.15) is 12.3 Å². The number of halogens is 3. The molecule has 0 aliphatic rings. The van der Waals surface area contributed by atoms with Gasteiger partial charge in [-0.25, -0.2) is 13.6 Å². The number of carbonyl (C=O) groups excluding carboxylic acids is 1. The van der Waals surface area contributed by atoms with E-state index in [0.29, 0.717) is 16.5 Å². The van der Waals surface area contributed by atoms with Gasteiger partial charge in [0.2, 0.25) is 0 Å². The predicted molar refractivity (Wildman–Crippen MR) is 82.4 cm³/mol. The minimum Gasteiger partial charge on any atom is -0.455 e. The van der Waals surface area contributed by atoms with Crippen molar-refractivity contribution in [1.29, 1.82) is 0 Å². The maximum atomic E-state index is 13.1. The van der Waals surface area contributed by atoms with E-state index in [9.17, 15) is 13.6 Å². The van der Waals surface area contributed by atoms with Crippen LogP contribution in [-0.4, -0.2) is 11.1 Å². The summed E-state index contributed by atoms with van der Waals surface area (Å²) in [5, 5.41) is 4.39. The fourth-order valence-electron chi connectivity index (χ4n) is 1.98. The molecule has 3 rings (SSSR count). The number of esters is 1. The molecule has 0 amide bonds. The summed E-state index contributed by atoms with van der Waals surface area (Å²) >= 11 is 5.81. The monoisotopic (exact) mass is 349 g/mol. The predicted octanol–water partition coefficient (Wildman–Crippen LogP) is 4.63. The summed E-state index contributed by atoms with van der Waals surface area (Å²) in [4.78, 5) is 11.8. The first-order valence-electron chi connectivity index (χ1n) is 6.86. The van der Waals surface area contributed by atoms with Gasteiger partial charge in [0.25, 0.3) is 0 Å². The summed E-state index contributed by atoms with van der Waals surface area (Å²) < 4.78 is 36.1. The van der Waals surface area contributed by atoms with Crippen LogP contribution in [0.3, 0.4) is 0 Å². The molecule has 0 radical (unpaired) electrons. The summed E-state index contributed by atoms with van der Waals surface area (Å²) in [7, 11) is 0. The molecule has 1 aromatic heterocycles. The number of rotatable bonds is 4. The van der Waals surface area contributed by atoms with Gasteiger partial charge in [-0.3, -0.25) is 0 Å². The molecule has 0 saturated heterocycles. The average Bonchev–Trinajstić information content (AvgIpc) is 3.05. The van der Waals surface area contributed by atoms with Gasteiger partial charge < -0.3 is 9.26 Å². The molecule has 7 heteroatoms. The van der Waals surface area contributed by atoms with Gasteiger partial charge in [0.05, 0.1) is 5.56 Å². The van der Waals surface area contributed by atoms with Crippen LogP contribution in [0.25, 0.3) is 11.3 Å². The van der Waals surface area contributed by atoms with Gasteiger partial charge in [-0.05, 0) is 42.5 Å². The van der Waals surface area contributed by atoms with E-state index in [0.717, 1.165) is 23.8 Å². The van der Waals surface area contributed by atoms with Gasteiger partial charge in [-0.15, -0.1) is 0 Å². The third-order valence-electron chi connectivity index (χ3n) is 3.19. The van der Waals surface area contributed by atoms with Crippen molar-refractivity contribution in [1.82, 2.24) is 5.16 Å². The molecule has 0 saturated carbocycles. The Hall–Kier alpha value is -2.73. The lowest BCUT2D eigenvalue weighted by atomic mass is 10.2. The number of hydrogen-bond donors (Lipinski definition) is 0. The van der Waals surface area contributed by atoms with Gasteiger partial charge >= 0.3 is 5.97 Å². The third kappa shape index (κ3) is 3.60. The van der Waals surface area contributed by atoms with Crippen LogP contribution in [-0.2, 0) is 11.3 Å². The van der Waals surface area contributed by atoms with Crippen LogP contribution in [0.1, 0.15) is 16.1 Å². The van der Waals surface area contributed by atoms with E-state index in [-0.39, 0.29) is 12.2 Å². The van der Waals surface area contributed by atoms with Crippen molar-refractivity contribution in [3.05, 3.63) is 76.4 Å². The quantitative estimate of drug-likeness (QED) is 0.644. The van der Waals surface area contributed by atoms with Gasteiger partial charge in [-0.2, -0.15) is 0 Å². The van der Waals surface area contributed by atoms with Crippen molar-refractivity contribution in [2.75, 3.05) is 0 Å². The molecule has 0 unspecified atom stereocenters. The van der Waals surface area contributed by atoms with Crippen molar-refractivity contribution in [3.8, 4) is 11.3 Å². The topological polar surface area (TPSA) is 52.3 Å². The highest BCUT2D eigenvalue weighted by Gasteiger charge is 2.13. The Bertz CT molecular complexity index is 878. The molecular weight excluding hydrogens is 340 g/mol. The molecular formula is C17H10ClF2NO3. The zero-order valence-electron chi connectivity index (χ0n) is 12.1. The Morgan fingerprint density at radius 1 is 1.08 bits per heavy atom.